The lowest BCUT2D eigenvalue weighted by atomic mass is 10.3. The van der Waals surface area contributed by atoms with E-state index in [0.29, 0.717) is 5.02 Å². The Morgan fingerprint density at radius 1 is 1.13 bits per heavy atom. The van der Waals surface area contributed by atoms with Crippen LogP contribution in [0.1, 0.15) is 10.6 Å². The van der Waals surface area contributed by atoms with Gasteiger partial charge in [0.25, 0.3) is 10.0 Å². The number of amides is 1. The summed E-state index contributed by atoms with van der Waals surface area (Å²) in [6.07, 6.45) is 0. The molecule has 124 valence electrons. The fourth-order valence-electron chi connectivity index (χ4n) is 1.53. The second-order valence-corrected chi connectivity index (χ2v) is 7.22. The Hall–Kier alpha value is -1.45. The molecule has 0 bridgehead atoms. The maximum absolute atomic E-state index is 11.9. The molecule has 0 aliphatic heterocycles. The van der Waals surface area contributed by atoms with Crippen LogP contribution in [0.25, 0.3) is 0 Å². The van der Waals surface area contributed by atoms with Crippen LogP contribution < -0.4 is 15.6 Å². The van der Waals surface area contributed by atoms with E-state index in [1.807, 2.05) is 0 Å². The lowest BCUT2D eigenvalue weighted by Gasteiger charge is -2.11. The first-order valence-electron chi connectivity index (χ1n) is 5.99. The van der Waals surface area contributed by atoms with Gasteiger partial charge in [-0.05, 0) is 31.3 Å². The van der Waals surface area contributed by atoms with Crippen molar-refractivity contribution >= 4 is 56.4 Å². The monoisotopic (exact) mass is 397 g/mol. The maximum atomic E-state index is 11.9. The molecule has 1 aromatic heterocycles. The van der Waals surface area contributed by atoms with Crippen molar-refractivity contribution < 1.29 is 17.6 Å². The molecule has 0 fully saturated rings. The number of nitrogens with one attached hydrogen (secondary N) is 3. The second kappa shape index (κ2) is 6.98. The SMILES string of the molecule is CNS(=O)(=O)c1ccc(C(=O)NNc2c(Cl)cc(Cl)cc2Cl)o1. The molecular formula is C12H10Cl3N3O4S. The van der Waals surface area contributed by atoms with Gasteiger partial charge in [0, 0.05) is 5.02 Å². The van der Waals surface area contributed by atoms with E-state index in [-0.39, 0.29) is 26.6 Å². The molecule has 0 saturated carbocycles. The van der Waals surface area contributed by atoms with Gasteiger partial charge in [0.1, 0.15) is 0 Å². The smallest absolute Gasteiger partial charge is 0.305 e. The summed E-state index contributed by atoms with van der Waals surface area (Å²) in [5.41, 5.74) is 5.05. The Kier molecular flexibility index (Phi) is 5.43. The molecule has 0 aliphatic carbocycles. The minimum atomic E-state index is -3.77. The van der Waals surface area contributed by atoms with Gasteiger partial charge < -0.3 is 4.42 Å². The van der Waals surface area contributed by atoms with Crippen LogP contribution in [-0.2, 0) is 10.0 Å². The number of hydrogen-bond donors (Lipinski definition) is 3. The van der Waals surface area contributed by atoms with E-state index in [0.717, 1.165) is 6.07 Å². The number of carbonyl (C=O) groups is 1. The summed E-state index contributed by atoms with van der Waals surface area (Å²) < 4.78 is 30.1. The quantitative estimate of drug-likeness (QED) is 0.672. The number of hydrogen-bond acceptors (Lipinski definition) is 5. The lowest BCUT2D eigenvalue weighted by molar-refractivity contribution is 0.0930. The Bertz CT molecular complexity index is 828. The molecule has 0 atom stereocenters. The normalized spacial score (nSPS) is 11.3. The van der Waals surface area contributed by atoms with Crippen molar-refractivity contribution in [2.75, 3.05) is 12.5 Å². The summed E-state index contributed by atoms with van der Waals surface area (Å²) in [5.74, 6) is -0.933. The fraction of sp³-hybridized carbons (Fsp3) is 0.0833. The van der Waals surface area contributed by atoms with Gasteiger partial charge in [0.15, 0.2) is 5.76 Å². The number of halogens is 3. The summed E-state index contributed by atoms with van der Waals surface area (Å²) in [5, 5.41) is 0.346. The lowest BCUT2D eigenvalue weighted by Crippen LogP contribution is -2.29. The minimum absolute atomic E-state index is 0.195. The van der Waals surface area contributed by atoms with E-state index in [1.165, 1.54) is 25.2 Å². The van der Waals surface area contributed by atoms with Gasteiger partial charge in [-0.2, -0.15) is 0 Å². The molecule has 3 N–H and O–H groups in total. The molecule has 7 nitrogen and oxygen atoms in total. The van der Waals surface area contributed by atoms with Crippen molar-refractivity contribution in [3.8, 4) is 0 Å². The standard InChI is InChI=1S/C12H10Cl3N3O4S/c1-16-23(20,21)10-3-2-9(22-10)12(19)18-17-11-7(14)4-6(13)5-8(11)15/h2-5,16-17H,1H3,(H,18,19). The average Bonchev–Trinajstić information content (AvgIpc) is 2.96. The van der Waals surface area contributed by atoms with E-state index in [1.54, 1.807) is 0 Å². The number of furan rings is 1. The third kappa shape index (κ3) is 4.10. The van der Waals surface area contributed by atoms with E-state index in [9.17, 15) is 13.2 Å². The van der Waals surface area contributed by atoms with Gasteiger partial charge in [-0.3, -0.25) is 15.6 Å². The first-order chi connectivity index (χ1) is 10.7. The molecule has 1 amide bonds. The van der Waals surface area contributed by atoms with Gasteiger partial charge >= 0.3 is 5.91 Å². The number of benzene rings is 1. The van der Waals surface area contributed by atoms with E-state index < -0.39 is 15.9 Å². The third-order valence-corrected chi connectivity index (χ3v) is 4.75. The minimum Gasteiger partial charge on any atom is -0.438 e. The zero-order chi connectivity index (χ0) is 17.2. The summed E-state index contributed by atoms with van der Waals surface area (Å²) in [4.78, 5) is 11.9. The van der Waals surface area contributed by atoms with Crippen LogP contribution in [0.5, 0.6) is 0 Å². The van der Waals surface area contributed by atoms with Crippen molar-refractivity contribution in [2.24, 2.45) is 0 Å². The zero-order valence-corrected chi connectivity index (χ0v) is 14.6. The van der Waals surface area contributed by atoms with E-state index in [2.05, 4.69) is 15.6 Å². The molecule has 0 spiro atoms. The van der Waals surface area contributed by atoms with Crippen molar-refractivity contribution in [3.63, 3.8) is 0 Å². The maximum Gasteiger partial charge on any atom is 0.305 e. The highest BCUT2D eigenvalue weighted by atomic mass is 35.5. The van der Waals surface area contributed by atoms with Gasteiger partial charge in [-0.15, -0.1) is 0 Å². The van der Waals surface area contributed by atoms with Crippen molar-refractivity contribution in [2.45, 2.75) is 5.09 Å². The number of anilines is 1. The highest BCUT2D eigenvalue weighted by Crippen LogP contribution is 2.33. The van der Waals surface area contributed by atoms with Crippen LogP contribution in [0, 0.1) is 0 Å². The molecule has 1 heterocycles. The first kappa shape index (κ1) is 17.9. The topological polar surface area (TPSA) is 100 Å². The zero-order valence-electron chi connectivity index (χ0n) is 11.5. The number of sulfonamides is 1. The average molecular weight is 399 g/mol. The summed E-state index contributed by atoms with van der Waals surface area (Å²) >= 11 is 17.7. The van der Waals surface area contributed by atoms with Gasteiger partial charge in [-0.1, -0.05) is 34.8 Å². The molecule has 23 heavy (non-hydrogen) atoms. The highest BCUT2D eigenvalue weighted by molar-refractivity contribution is 7.89. The van der Waals surface area contributed by atoms with Gasteiger partial charge in [0.05, 0.1) is 15.7 Å². The van der Waals surface area contributed by atoms with Crippen LogP contribution in [0.3, 0.4) is 0 Å². The van der Waals surface area contributed by atoms with Crippen molar-refractivity contribution in [1.29, 1.82) is 0 Å². The molecule has 0 radical (unpaired) electrons. The number of rotatable bonds is 5. The fourth-order valence-corrected chi connectivity index (χ4v) is 3.09. The Labute approximate surface area is 146 Å². The molecule has 0 unspecified atom stereocenters. The summed E-state index contributed by atoms with van der Waals surface area (Å²) in [6, 6.07) is 5.25. The Morgan fingerprint density at radius 3 is 2.30 bits per heavy atom. The first-order valence-corrected chi connectivity index (χ1v) is 8.60. The largest absolute Gasteiger partial charge is 0.438 e. The van der Waals surface area contributed by atoms with Crippen molar-refractivity contribution in [3.05, 3.63) is 45.1 Å². The van der Waals surface area contributed by atoms with E-state index >= 15 is 0 Å². The predicted molar refractivity (Wildman–Crippen MR) is 87.5 cm³/mol. The molecule has 0 aliphatic rings. The third-order valence-electron chi connectivity index (χ3n) is 2.65. The molecule has 1 aromatic carbocycles. The molecule has 11 heteroatoms. The molecule has 0 saturated heterocycles. The summed E-state index contributed by atoms with van der Waals surface area (Å²) in [7, 11) is -2.54. The van der Waals surface area contributed by atoms with Crippen LogP contribution in [0.4, 0.5) is 5.69 Å². The van der Waals surface area contributed by atoms with Crippen LogP contribution in [0.15, 0.2) is 33.8 Å². The number of hydrazine groups is 1. The summed E-state index contributed by atoms with van der Waals surface area (Å²) in [6.45, 7) is 0. The predicted octanol–water partition coefficient (Wildman–Crippen LogP) is 2.90. The molecule has 2 aromatic rings. The van der Waals surface area contributed by atoms with Crippen LogP contribution in [-0.4, -0.2) is 21.4 Å². The van der Waals surface area contributed by atoms with Gasteiger partial charge in [0.2, 0.25) is 5.09 Å². The Morgan fingerprint density at radius 2 is 1.74 bits per heavy atom. The van der Waals surface area contributed by atoms with E-state index in [4.69, 9.17) is 39.2 Å². The molecular weight excluding hydrogens is 389 g/mol. The van der Waals surface area contributed by atoms with Gasteiger partial charge in [-0.25, -0.2) is 13.1 Å². The van der Waals surface area contributed by atoms with Crippen LogP contribution >= 0.6 is 34.8 Å². The Balaban J connectivity index is 2.12. The van der Waals surface area contributed by atoms with Crippen molar-refractivity contribution in [1.82, 2.24) is 10.1 Å². The number of carbonyl (C=O) groups excluding carboxylic acids is 1. The molecule has 2 rings (SSSR count). The second-order valence-electron chi connectivity index (χ2n) is 4.15. The highest BCUT2D eigenvalue weighted by Gasteiger charge is 2.19. The van der Waals surface area contributed by atoms with Crippen LogP contribution in [0.2, 0.25) is 15.1 Å².